The molecule has 4 unspecified atom stereocenters. The van der Waals surface area contributed by atoms with Gasteiger partial charge in [-0.05, 0) is 45.1 Å². The molecule has 33 heavy (non-hydrogen) atoms. The van der Waals surface area contributed by atoms with Gasteiger partial charge in [0.2, 0.25) is 9.76 Å². The Morgan fingerprint density at radius 2 is 1.24 bits per heavy atom. The first-order valence-corrected chi connectivity index (χ1v) is 13.6. The van der Waals surface area contributed by atoms with Crippen LogP contribution in [0.4, 0.5) is 0 Å². The first-order valence-electron chi connectivity index (χ1n) is 12.2. The standard InChI is InChI=1S/2C13H13.C4H10OSi.Zr/c2*1-3-7-12-10(5-1)9-11-6-2-4-8-13(11)12;1-4(2)5-6-3;/h2*1,3-5,7-9,11,13H,2,6H2;4H,1-3H3;/q2*-1;;+2. The third kappa shape index (κ3) is 6.65. The molecule has 0 spiro atoms. The SMILES string of the molecule is C1=CC2c3ccccc3[CH-]C2CC1.C1=CC2c3ccccc3[CH-]C2CC1.C[Si]OC(C)C.[Zr+2]. The van der Waals surface area contributed by atoms with Crippen molar-refractivity contribution >= 4 is 9.76 Å². The second kappa shape index (κ2) is 13.0. The molecule has 3 heteroatoms. The maximum atomic E-state index is 5.07. The van der Waals surface area contributed by atoms with E-state index < -0.39 is 0 Å². The minimum absolute atomic E-state index is 0. The molecule has 0 aromatic heterocycles. The summed E-state index contributed by atoms with van der Waals surface area (Å²) in [5.74, 6) is 2.93. The molecule has 1 nitrogen and oxygen atoms in total. The molecule has 0 amide bonds. The molecule has 0 heterocycles. The molecule has 0 N–H and O–H groups in total. The Morgan fingerprint density at radius 1 is 0.788 bits per heavy atom. The second-order valence-electron chi connectivity index (χ2n) is 9.35. The number of allylic oxidation sites excluding steroid dienone is 4. The fourth-order valence-electron chi connectivity index (χ4n) is 5.38. The summed E-state index contributed by atoms with van der Waals surface area (Å²) < 4.78 is 5.07. The zero-order valence-electron chi connectivity index (χ0n) is 20.2. The quantitative estimate of drug-likeness (QED) is 0.219. The van der Waals surface area contributed by atoms with Gasteiger partial charge in [0.1, 0.15) is 0 Å². The van der Waals surface area contributed by atoms with Crippen molar-refractivity contribution in [1.29, 1.82) is 0 Å². The van der Waals surface area contributed by atoms with Crippen molar-refractivity contribution in [2.45, 2.75) is 64.0 Å². The Labute approximate surface area is 223 Å². The molecule has 4 atom stereocenters. The van der Waals surface area contributed by atoms with Crippen LogP contribution in [0.1, 0.15) is 73.6 Å². The molecule has 0 bridgehead atoms. The van der Waals surface area contributed by atoms with Crippen molar-refractivity contribution in [1.82, 2.24) is 0 Å². The molecule has 2 aromatic carbocycles. The monoisotopic (exact) mass is 530 g/mol. The number of benzene rings is 2. The first-order chi connectivity index (χ1) is 15.7. The van der Waals surface area contributed by atoms with E-state index in [4.69, 9.17) is 4.43 Å². The molecular weight excluding hydrogens is 496 g/mol. The average Bonchev–Trinajstić information content (AvgIpc) is 3.38. The van der Waals surface area contributed by atoms with E-state index in [1.807, 2.05) is 20.4 Å². The van der Waals surface area contributed by atoms with Crippen molar-refractivity contribution in [2.75, 3.05) is 0 Å². The second-order valence-corrected chi connectivity index (χ2v) is 10.00. The molecule has 6 rings (SSSR count). The predicted octanol–water partition coefficient (Wildman–Crippen LogP) is 7.68. The van der Waals surface area contributed by atoms with Gasteiger partial charge in [0, 0.05) is 6.10 Å². The van der Waals surface area contributed by atoms with Crippen molar-refractivity contribution in [3.63, 3.8) is 0 Å². The van der Waals surface area contributed by atoms with Crippen LogP contribution in [0.3, 0.4) is 0 Å². The summed E-state index contributed by atoms with van der Waals surface area (Å²) in [6.07, 6.45) is 19.9. The van der Waals surface area contributed by atoms with Gasteiger partial charge in [-0.2, -0.15) is 36.1 Å². The maximum absolute atomic E-state index is 5.07. The minimum atomic E-state index is 0. The molecule has 0 fully saturated rings. The maximum Gasteiger partial charge on any atom is 2.00 e. The number of fused-ring (bicyclic) bond motifs is 6. The fourth-order valence-corrected chi connectivity index (χ4v) is 5.85. The third-order valence-corrected chi connectivity index (χ3v) is 7.50. The molecule has 0 saturated carbocycles. The topological polar surface area (TPSA) is 9.23 Å². The number of rotatable bonds is 2. The summed E-state index contributed by atoms with van der Waals surface area (Å²) in [7, 11) is 0.638. The van der Waals surface area contributed by atoms with Crippen molar-refractivity contribution in [2.24, 2.45) is 11.8 Å². The van der Waals surface area contributed by atoms with Gasteiger partial charge in [-0.25, -0.2) is 0 Å². The molecule has 2 radical (unpaired) electrons. The fraction of sp³-hybridized carbons (Fsp3) is 0.400. The Hall–Kier alpha value is -1.28. The van der Waals surface area contributed by atoms with Gasteiger partial charge in [-0.3, -0.25) is 0 Å². The largest absolute Gasteiger partial charge is 2.00 e. The molecule has 170 valence electrons. The number of hydrogen-bond acceptors (Lipinski definition) is 1. The van der Waals surface area contributed by atoms with Gasteiger partial charge < -0.3 is 4.43 Å². The Bertz CT molecular complexity index is 863. The van der Waals surface area contributed by atoms with E-state index in [0.29, 0.717) is 27.7 Å². The van der Waals surface area contributed by atoms with Crippen LogP contribution in [0, 0.1) is 24.7 Å². The average molecular weight is 532 g/mol. The van der Waals surface area contributed by atoms with Crippen LogP contribution >= 0.6 is 0 Å². The van der Waals surface area contributed by atoms with Gasteiger partial charge in [0.05, 0.1) is 0 Å². The van der Waals surface area contributed by atoms with E-state index >= 15 is 0 Å². The van der Waals surface area contributed by atoms with E-state index in [1.54, 1.807) is 0 Å². The van der Waals surface area contributed by atoms with Gasteiger partial charge in [-0.15, -0.1) is 35.4 Å². The smallest absolute Gasteiger partial charge is 0.415 e. The predicted molar refractivity (Wildman–Crippen MR) is 137 cm³/mol. The van der Waals surface area contributed by atoms with Crippen LogP contribution in [0.25, 0.3) is 0 Å². The van der Waals surface area contributed by atoms with E-state index in [0.717, 1.165) is 11.8 Å². The number of hydrogen-bond donors (Lipinski definition) is 0. The van der Waals surface area contributed by atoms with Crippen molar-refractivity contribution < 1.29 is 30.6 Å². The van der Waals surface area contributed by atoms with Crippen LogP contribution in [0.5, 0.6) is 0 Å². The van der Waals surface area contributed by atoms with Crippen molar-refractivity contribution in [3.05, 3.63) is 108 Å². The van der Waals surface area contributed by atoms with Crippen LogP contribution < -0.4 is 0 Å². The van der Waals surface area contributed by atoms with Crippen LogP contribution in [-0.2, 0) is 30.6 Å². The summed E-state index contributed by atoms with van der Waals surface area (Å²) >= 11 is 0. The molecule has 0 saturated heterocycles. The summed E-state index contributed by atoms with van der Waals surface area (Å²) in [5.41, 5.74) is 5.99. The summed E-state index contributed by atoms with van der Waals surface area (Å²) in [6.45, 7) is 6.10. The summed E-state index contributed by atoms with van der Waals surface area (Å²) in [6, 6.07) is 17.6. The van der Waals surface area contributed by atoms with E-state index in [-0.39, 0.29) is 26.2 Å². The van der Waals surface area contributed by atoms with Gasteiger partial charge in [0.15, 0.2) is 0 Å². The summed E-state index contributed by atoms with van der Waals surface area (Å²) in [4.78, 5) is 0. The normalized spacial score (nSPS) is 24.8. The van der Waals surface area contributed by atoms with Gasteiger partial charge >= 0.3 is 26.2 Å². The Kier molecular flexibility index (Phi) is 10.4. The summed E-state index contributed by atoms with van der Waals surface area (Å²) in [5, 5.41) is 0. The zero-order valence-corrected chi connectivity index (χ0v) is 23.7. The van der Waals surface area contributed by atoms with Gasteiger partial charge in [0.25, 0.3) is 0 Å². The molecule has 0 aliphatic heterocycles. The van der Waals surface area contributed by atoms with Crippen LogP contribution in [0.15, 0.2) is 72.8 Å². The molecule has 2 aromatic rings. The van der Waals surface area contributed by atoms with Gasteiger partial charge in [-0.1, -0.05) is 61.1 Å². The van der Waals surface area contributed by atoms with E-state index in [2.05, 4.69) is 85.7 Å². The van der Waals surface area contributed by atoms with Crippen LogP contribution in [-0.4, -0.2) is 15.9 Å². The first kappa shape index (κ1) is 26.3. The molecule has 4 aliphatic carbocycles. The molecular formula is C30H36OSiZr. The van der Waals surface area contributed by atoms with E-state index in [9.17, 15) is 0 Å². The zero-order chi connectivity index (χ0) is 22.3. The van der Waals surface area contributed by atoms with Crippen LogP contribution in [0.2, 0.25) is 6.55 Å². The van der Waals surface area contributed by atoms with E-state index in [1.165, 1.54) is 47.9 Å². The van der Waals surface area contributed by atoms with Crippen molar-refractivity contribution in [3.8, 4) is 0 Å². The Morgan fingerprint density at radius 3 is 1.64 bits per heavy atom. The minimum Gasteiger partial charge on any atom is -0.415 e. The Balaban J connectivity index is 0.000000147. The molecule has 4 aliphatic rings. The third-order valence-electron chi connectivity index (χ3n) is 6.79.